The Hall–Kier alpha value is -1.49. The van der Waals surface area contributed by atoms with Crippen molar-refractivity contribution in [2.24, 2.45) is 0 Å². The molecule has 0 aromatic heterocycles. The van der Waals surface area contributed by atoms with Gasteiger partial charge in [0, 0.05) is 11.7 Å². The fraction of sp³-hybridized carbons (Fsp3) is 0.364. The zero-order valence-electron chi connectivity index (χ0n) is 7.67. The first-order chi connectivity index (χ1) is 6.29. The first kappa shape index (κ1) is 8.12. The summed E-state index contributed by atoms with van der Waals surface area (Å²) in [4.78, 5) is 0. The van der Waals surface area contributed by atoms with Crippen molar-refractivity contribution in [1.29, 1.82) is 5.26 Å². The van der Waals surface area contributed by atoms with E-state index in [4.69, 9.17) is 5.26 Å². The minimum absolute atomic E-state index is 0.646. The molecule has 0 aliphatic heterocycles. The Morgan fingerprint density at radius 3 is 2.85 bits per heavy atom. The van der Waals surface area contributed by atoms with Gasteiger partial charge in [0.2, 0.25) is 0 Å². The van der Waals surface area contributed by atoms with Crippen LogP contribution in [-0.4, -0.2) is 6.04 Å². The standard InChI is InChI=1S/C11H12N2/c1-8-2-3-9(7-12)6-11(8)13-10-4-5-10/h2-3,6,10,13H,4-5H2,1H3. The van der Waals surface area contributed by atoms with Crippen LogP contribution in [0, 0.1) is 18.3 Å². The number of rotatable bonds is 2. The largest absolute Gasteiger partial charge is 0.382 e. The van der Waals surface area contributed by atoms with Gasteiger partial charge in [-0.25, -0.2) is 0 Å². The van der Waals surface area contributed by atoms with E-state index >= 15 is 0 Å². The lowest BCUT2D eigenvalue weighted by Gasteiger charge is -2.07. The Kier molecular flexibility index (Phi) is 1.94. The molecule has 2 rings (SSSR count). The van der Waals surface area contributed by atoms with E-state index in [1.54, 1.807) is 0 Å². The molecular formula is C11H12N2. The van der Waals surface area contributed by atoms with E-state index in [2.05, 4.69) is 18.3 Å². The molecule has 1 aliphatic carbocycles. The molecule has 1 saturated carbocycles. The second-order valence-electron chi connectivity index (χ2n) is 3.56. The molecule has 2 heteroatoms. The number of nitrogens with one attached hydrogen (secondary N) is 1. The molecule has 0 saturated heterocycles. The SMILES string of the molecule is Cc1ccc(C#N)cc1NC1CC1. The van der Waals surface area contributed by atoms with Crippen LogP contribution in [0.1, 0.15) is 24.0 Å². The monoisotopic (exact) mass is 172 g/mol. The maximum atomic E-state index is 8.72. The summed E-state index contributed by atoms with van der Waals surface area (Å²) in [5.74, 6) is 0. The van der Waals surface area contributed by atoms with Crippen molar-refractivity contribution < 1.29 is 0 Å². The van der Waals surface area contributed by atoms with Crippen molar-refractivity contribution in [1.82, 2.24) is 0 Å². The molecule has 1 fully saturated rings. The van der Waals surface area contributed by atoms with Gasteiger partial charge in [0.05, 0.1) is 11.6 Å². The van der Waals surface area contributed by atoms with Gasteiger partial charge in [0.1, 0.15) is 0 Å². The number of benzene rings is 1. The molecule has 0 unspecified atom stereocenters. The van der Waals surface area contributed by atoms with Crippen LogP contribution in [0.4, 0.5) is 5.69 Å². The zero-order valence-corrected chi connectivity index (χ0v) is 7.67. The van der Waals surface area contributed by atoms with E-state index in [9.17, 15) is 0 Å². The molecule has 1 N–H and O–H groups in total. The van der Waals surface area contributed by atoms with Gasteiger partial charge in [-0.2, -0.15) is 5.26 Å². The molecule has 0 spiro atoms. The molecule has 1 aromatic rings. The number of anilines is 1. The first-order valence-corrected chi connectivity index (χ1v) is 4.57. The Labute approximate surface area is 78.2 Å². The highest BCUT2D eigenvalue weighted by Gasteiger charge is 2.21. The average molecular weight is 172 g/mol. The van der Waals surface area contributed by atoms with E-state index < -0.39 is 0 Å². The third-order valence-corrected chi connectivity index (χ3v) is 2.30. The lowest BCUT2D eigenvalue weighted by Crippen LogP contribution is -2.02. The normalized spacial score (nSPS) is 15.1. The second-order valence-corrected chi connectivity index (χ2v) is 3.56. The maximum Gasteiger partial charge on any atom is 0.0992 e. The van der Waals surface area contributed by atoms with Crippen molar-refractivity contribution in [3.8, 4) is 6.07 Å². The van der Waals surface area contributed by atoms with Crippen LogP contribution < -0.4 is 5.32 Å². The maximum absolute atomic E-state index is 8.72. The average Bonchev–Trinajstić information content (AvgIpc) is 2.93. The molecule has 1 aromatic carbocycles. The number of nitrogens with zero attached hydrogens (tertiary/aromatic N) is 1. The van der Waals surface area contributed by atoms with Crippen LogP contribution in [0.2, 0.25) is 0 Å². The molecular weight excluding hydrogens is 160 g/mol. The third kappa shape index (κ3) is 1.81. The third-order valence-electron chi connectivity index (χ3n) is 2.30. The van der Waals surface area contributed by atoms with E-state index in [0.717, 1.165) is 11.3 Å². The number of hydrogen-bond donors (Lipinski definition) is 1. The first-order valence-electron chi connectivity index (χ1n) is 4.57. The molecule has 66 valence electrons. The van der Waals surface area contributed by atoms with Gasteiger partial charge < -0.3 is 5.32 Å². The highest BCUT2D eigenvalue weighted by atomic mass is 15.0. The number of nitriles is 1. The summed E-state index contributed by atoms with van der Waals surface area (Å²) in [6, 6.07) is 8.56. The Bertz CT molecular complexity index is 359. The van der Waals surface area contributed by atoms with Crippen molar-refractivity contribution in [3.05, 3.63) is 29.3 Å². The molecule has 0 amide bonds. The van der Waals surface area contributed by atoms with E-state index in [-0.39, 0.29) is 0 Å². The van der Waals surface area contributed by atoms with Crippen LogP contribution in [0.25, 0.3) is 0 Å². The van der Waals surface area contributed by atoms with Crippen LogP contribution in [0.5, 0.6) is 0 Å². The van der Waals surface area contributed by atoms with Crippen LogP contribution >= 0.6 is 0 Å². The molecule has 0 radical (unpaired) electrons. The summed E-state index contributed by atoms with van der Waals surface area (Å²) in [6.45, 7) is 2.06. The number of hydrogen-bond acceptors (Lipinski definition) is 2. The van der Waals surface area contributed by atoms with E-state index in [0.29, 0.717) is 6.04 Å². The highest BCUT2D eigenvalue weighted by Crippen LogP contribution is 2.26. The van der Waals surface area contributed by atoms with Crippen molar-refractivity contribution in [2.75, 3.05) is 5.32 Å². The molecule has 0 bridgehead atoms. The van der Waals surface area contributed by atoms with Gasteiger partial charge in [-0.1, -0.05) is 6.07 Å². The Morgan fingerprint density at radius 2 is 2.23 bits per heavy atom. The predicted octanol–water partition coefficient (Wildman–Crippen LogP) is 2.44. The lowest BCUT2D eigenvalue weighted by atomic mass is 10.1. The molecule has 1 aliphatic rings. The summed E-state index contributed by atoms with van der Waals surface area (Å²) < 4.78 is 0. The van der Waals surface area contributed by atoms with Gasteiger partial charge in [-0.15, -0.1) is 0 Å². The van der Waals surface area contributed by atoms with Crippen LogP contribution in [0.3, 0.4) is 0 Å². The smallest absolute Gasteiger partial charge is 0.0992 e. The molecule has 0 atom stereocenters. The summed E-state index contributed by atoms with van der Waals surface area (Å²) in [5, 5.41) is 12.1. The van der Waals surface area contributed by atoms with Gasteiger partial charge >= 0.3 is 0 Å². The molecule has 0 heterocycles. The minimum Gasteiger partial charge on any atom is -0.382 e. The van der Waals surface area contributed by atoms with Gasteiger partial charge in [-0.3, -0.25) is 0 Å². The number of aryl methyl sites for hydroxylation is 1. The van der Waals surface area contributed by atoms with Crippen molar-refractivity contribution >= 4 is 5.69 Å². The van der Waals surface area contributed by atoms with Crippen LogP contribution in [-0.2, 0) is 0 Å². The van der Waals surface area contributed by atoms with Gasteiger partial charge in [-0.05, 0) is 37.5 Å². The van der Waals surface area contributed by atoms with Gasteiger partial charge in [0.15, 0.2) is 0 Å². The van der Waals surface area contributed by atoms with Crippen molar-refractivity contribution in [2.45, 2.75) is 25.8 Å². The Balaban J connectivity index is 2.25. The predicted molar refractivity (Wildman–Crippen MR) is 52.5 cm³/mol. The second kappa shape index (κ2) is 3.10. The highest BCUT2D eigenvalue weighted by molar-refractivity contribution is 5.56. The Morgan fingerprint density at radius 1 is 1.46 bits per heavy atom. The van der Waals surface area contributed by atoms with Crippen LogP contribution in [0.15, 0.2) is 18.2 Å². The summed E-state index contributed by atoms with van der Waals surface area (Å²) in [5.41, 5.74) is 3.06. The summed E-state index contributed by atoms with van der Waals surface area (Å²) >= 11 is 0. The molecule has 13 heavy (non-hydrogen) atoms. The quantitative estimate of drug-likeness (QED) is 0.743. The topological polar surface area (TPSA) is 35.8 Å². The van der Waals surface area contributed by atoms with E-state index in [1.807, 2.05) is 18.2 Å². The summed E-state index contributed by atoms with van der Waals surface area (Å²) in [7, 11) is 0. The summed E-state index contributed by atoms with van der Waals surface area (Å²) in [6.07, 6.45) is 2.52. The fourth-order valence-corrected chi connectivity index (χ4v) is 1.29. The van der Waals surface area contributed by atoms with Gasteiger partial charge in [0.25, 0.3) is 0 Å². The van der Waals surface area contributed by atoms with E-state index in [1.165, 1.54) is 18.4 Å². The van der Waals surface area contributed by atoms with Crippen molar-refractivity contribution in [3.63, 3.8) is 0 Å². The zero-order chi connectivity index (χ0) is 9.26. The minimum atomic E-state index is 0.646. The lowest BCUT2D eigenvalue weighted by molar-refractivity contribution is 1.14. The molecule has 2 nitrogen and oxygen atoms in total. The fourth-order valence-electron chi connectivity index (χ4n) is 1.29.